The Morgan fingerprint density at radius 3 is 2.70 bits per heavy atom. The van der Waals surface area contributed by atoms with Crippen molar-refractivity contribution in [3.05, 3.63) is 18.2 Å². The van der Waals surface area contributed by atoms with E-state index in [1.165, 1.54) is 0 Å². The number of piperidine rings is 1. The molecule has 1 aromatic rings. The largest absolute Gasteiger partial charge is 0.348 e. The van der Waals surface area contributed by atoms with Crippen molar-refractivity contribution in [1.82, 2.24) is 19.8 Å². The van der Waals surface area contributed by atoms with Gasteiger partial charge in [-0.1, -0.05) is 0 Å². The fraction of sp³-hybridized carbons (Fsp3) is 0.643. The van der Waals surface area contributed by atoms with Gasteiger partial charge in [0.1, 0.15) is 5.82 Å². The number of hydrogen-bond acceptors (Lipinski definition) is 3. The van der Waals surface area contributed by atoms with Crippen molar-refractivity contribution in [1.29, 1.82) is 0 Å². The molecule has 1 unspecified atom stereocenters. The molecule has 1 N–H and O–H groups in total. The number of rotatable bonds is 2. The number of carbonyl (C=O) groups is 2. The molecule has 108 valence electrons. The Labute approximate surface area is 118 Å². The molecule has 0 spiro atoms. The highest BCUT2D eigenvalue weighted by atomic mass is 16.2. The molecule has 1 atom stereocenters. The van der Waals surface area contributed by atoms with E-state index in [0.29, 0.717) is 18.9 Å². The molecule has 0 bridgehead atoms. The molecule has 6 heteroatoms. The maximum atomic E-state index is 12.4. The van der Waals surface area contributed by atoms with E-state index >= 15 is 0 Å². The molecule has 2 aliphatic rings. The monoisotopic (exact) mass is 276 g/mol. The lowest BCUT2D eigenvalue weighted by molar-refractivity contribution is -0.136. The third-order valence-corrected chi connectivity index (χ3v) is 4.40. The molecule has 2 aliphatic heterocycles. The molecule has 6 nitrogen and oxygen atoms in total. The number of H-pyrrole nitrogens is 1. The first-order chi connectivity index (χ1) is 9.65. The summed E-state index contributed by atoms with van der Waals surface area (Å²) >= 11 is 0. The zero-order valence-electron chi connectivity index (χ0n) is 11.7. The van der Waals surface area contributed by atoms with Crippen molar-refractivity contribution in [2.45, 2.75) is 25.2 Å². The van der Waals surface area contributed by atoms with Crippen molar-refractivity contribution in [2.75, 3.05) is 26.7 Å². The third-order valence-electron chi connectivity index (χ3n) is 4.40. The second-order valence-electron chi connectivity index (χ2n) is 5.75. The molecule has 2 fully saturated rings. The van der Waals surface area contributed by atoms with Crippen LogP contribution in [0.3, 0.4) is 0 Å². The Morgan fingerprint density at radius 2 is 2.15 bits per heavy atom. The number of nitrogens with zero attached hydrogens (tertiary/aromatic N) is 3. The first kappa shape index (κ1) is 13.1. The van der Waals surface area contributed by atoms with Crippen LogP contribution >= 0.6 is 0 Å². The highest BCUT2D eigenvalue weighted by Crippen LogP contribution is 2.27. The van der Waals surface area contributed by atoms with E-state index in [-0.39, 0.29) is 17.7 Å². The van der Waals surface area contributed by atoms with Crippen LogP contribution in [0.5, 0.6) is 0 Å². The summed E-state index contributed by atoms with van der Waals surface area (Å²) in [6, 6.07) is 0. The maximum absolute atomic E-state index is 12.4. The maximum Gasteiger partial charge on any atom is 0.227 e. The molecule has 2 amide bonds. The van der Waals surface area contributed by atoms with Gasteiger partial charge in [0.05, 0.1) is 5.92 Å². The molecule has 1 aromatic heterocycles. The lowest BCUT2D eigenvalue weighted by Gasteiger charge is -2.32. The van der Waals surface area contributed by atoms with Gasteiger partial charge in [0.2, 0.25) is 11.8 Å². The molecular weight excluding hydrogens is 256 g/mol. The number of imidazole rings is 1. The fourth-order valence-electron chi connectivity index (χ4n) is 3.16. The number of hydrogen-bond donors (Lipinski definition) is 1. The van der Waals surface area contributed by atoms with Crippen molar-refractivity contribution >= 4 is 11.8 Å². The van der Waals surface area contributed by atoms with Crippen LogP contribution in [0.1, 0.15) is 31.0 Å². The van der Waals surface area contributed by atoms with Gasteiger partial charge in [-0.3, -0.25) is 9.59 Å². The molecule has 0 saturated carbocycles. The SMILES string of the molecule is CN1CC(C(=O)N2CCC(c3ncc[nH]3)CC2)CC1=O. The number of nitrogens with one attached hydrogen (secondary N) is 1. The summed E-state index contributed by atoms with van der Waals surface area (Å²) in [7, 11) is 1.76. The average molecular weight is 276 g/mol. The van der Waals surface area contributed by atoms with Crippen LogP contribution in [0.15, 0.2) is 12.4 Å². The van der Waals surface area contributed by atoms with Crippen LogP contribution in [0.2, 0.25) is 0 Å². The van der Waals surface area contributed by atoms with Crippen LogP contribution in [-0.4, -0.2) is 58.3 Å². The minimum atomic E-state index is -0.146. The predicted octanol–water partition coefficient (Wildman–Crippen LogP) is 0.594. The second-order valence-corrected chi connectivity index (χ2v) is 5.75. The van der Waals surface area contributed by atoms with E-state index in [4.69, 9.17) is 0 Å². The standard InChI is InChI=1S/C14H20N4O2/c1-17-9-11(8-12(17)19)14(20)18-6-2-10(3-7-18)13-15-4-5-16-13/h4-5,10-11H,2-3,6-9H2,1H3,(H,15,16). The zero-order valence-corrected chi connectivity index (χ0v) is 11.7. The lowest BCUT2D eigenvalue weighted by atomic mass is 9.95. The number of carbonyl (C=O) groups excluding carboxylic acids is 2. The van der Waals surface area contributed by atoms with Crippen molar-refractivity contribution in [2.24, 2.45) is 5.92 Å². The molecule has 3 rings (SSSR count). The number of likely N-dealkylation sites (tertiary alicyclic amines) is 2. The first-order valence-corrected chi connectivity index (χ1v) is 7.17. The van der Waals surface area contributed by atoms with Gasteiger partial charge in [-0.05, 0) is 12.8 Å². The van der Waals surface area contributed by atoms with E-state index in [9.17, 15) is 9.59 Å². The summed E-state index contributed by atoms with van der Waals surface area (Å²) in [6.45, 7) is 2.09. The molecule has 3 heterocycles. The van der Waals surface area contributed by atoms with Crippen molar-refractivity contribution in [3.63, 3.8) is 0 Å². The molecule has 0 aliphatic carbocycles. The fourth-order valence-corrected chi connectivity index (χ4v) is 3.16. The highest BCUT2D eigenvalue weighted by molar-refractivity contribution is 5.89. The van der Waals surface area contributed by atoms with Gasteiger partial charge < -0.3 is 14.8 Å². The Morgan fingerprint density at radius 1 is 1.40 bits per heavy atom. The average Bonchev–Trinajstić information content (AvgIpc) is 3.09. The van der Waals surface area contributed by atoms with Crippen LogP contribution < -0.4 is 0 Å². The molecule has 0 radical (unpaired) electrons. The third kappa shape index (κ3) is 2.42. The van der Waals surface area contributed by atoms with Crippen molar-refractivity contribution in [3.8, 4) is 0 Å². The Bertz CT molecular complexity index is 491. The van der Waals surface area contributed by atoms with E-state index < -0.39 is 0 Å². The van der Waals surface area contributed by atoms with E-state index in [1.807, 2.05) is 11.1 Å². The topological polar surface area (TPSA) is 69.3 Å². The summed E-state index contributed by atoms with van der Waals surface area (Å²) in [4.78, 5) is 34.9. The smallest absolute Gasteiger partial charge is 0.227 e. The number of aromatic nitrogens is 2. The van der Waals surface area contributed by atoms with E-state index in [0.717, 1.165) is 31.8 Å². The zero-order chi connectivity index (χ0) is 14.1. The van der Waals surface area contributed by atoms with Gasteiger partial charge in [0.25, 0.3) is 0 Å². The van der Waals surface area contributed by atoms with Gasteiger partial charge >= 0.3 is 0 Å². The number of amides is 2. The summed E-state index contributed by atoms with van der Waals surface area (Å²) in [6.07, 6.45) is 5.86. The van der Waals surface area contributed by atoms with Crippen molar-refractivity contribution < 1.29 is 9.59 Å². The quantitative estimate of drug-likeness (QED) is 0.859. The second kappa shape index (κ2) is 5.26. The summed E-state index contributed by atoms with van der Waals surface area (Å²) in [5, 5.41) is 0. The molecular formula is C14H20N4O2. The van der Waals surface area contributed by atoms with Gasteiger partial charge in [-0.15, -0.1) is 0 Å². The predicted molar refractivity (Wildman–Crippen MR) is 72.9 cm³/mol. The molecule has 2 saturated heterocycles. The molecule has 0 aromatic carbocycles. The van der Waals surface area contributed by atoms with Gasteiger partial charge in [0.15, 0.2) is 0 Å². The van der Waals surface area contributed by atoms with Gasteiger partial charge in [-0.2, -0.15) is 0 Å². The van der Waals surface area contributed by atoms with E-state index in [2.05, 4.69) is 9.97 Å². The van der Waals surface area contributed by atoms with Gasteiger partial charge in [-0.25, -0.2) is 4.98 Å². The summed E-state index contributed by atoms with van der Waals surface area (Å²) in [5.41, 5.74) is 0. The van der Waals surface area contributed by atoms with Gasteiger partial charge in [0, 0.05) is 51.4 Å². The Kier molecular flexibility index (Phi) is 3.46. The molecule has 20 heavy (non-hydrogen) atoms. The summed E-state index contributed by atoms with van der Waals surface area (Å²) < 4.78 is 0. The number of aromatic amines is 1. The normalized spacial score (nSPS) is 24.4. The first-order valence-electron chi connectivity index (χ1n) is 7.17. The summed E-state index contributed by atoms with van der Waals surface area (Å²) in [5.74, 6) is 1.51. The van der Waals surface area contributed by atoms with Crippen LogP contribution in [0.4, 0.5) is 0 Å². The highest BCUT2D eigenvalue weighted by Gasteiger charge is 2.36. The lowest BCUT2D eigenvalue weighted by Crippen LogP contribution is -2.42. The van der Waals surface area contributed by atoms with Crippen LogP contribution in [0, 0.1) is 5.92 Å². The van der Waals surface area contributed by atoms with Crippen LogP contribution in [0.25, 0.3) is 0 Å². The Balaban J connectivity index is 1.56. The Hall–Kier alpha value is -1.85. The minimum absolute atomic E-state index is 0.0776. The van der Waals surface area contributed by atoms with E-state index in [1.54, 1.807) is 18.1 Å². The van der Waals surface area contributed by atoms with Crippen LogP contribution in [-0.2, 0) is 9.59 Å². The minimum Gasteiger partial charge on any atom is -0.348 e.